The molecule has 3 rings (SSSR count). The van der Waals surface area contributed by atoms with Gasteiger partial charge in [0.1, 0.15) is 6.10 Å². The second-order valence-corrected chi connectivity index (χ2v) is 5.73. The molecule has 1 aromatic rings. The van der Waals surface area contributed by atoms with Gasteiger partial charge in [-0.1, -0.05) is 29.3 Å². The number of fused-ring (bicyclic) bond motifs is 2. The van der Waals surface area contributed by atoms with Gasteiger partial charge in [0.2, 0.25) is 0 Å². The summed E-state index contributed by atoms with van der Waals surface area (Å²) < 4.78 is 10.9. The van der Waals surface area contributed by atoms with Crippen molar-refractivity contribution in [1.82, 2.24) is 0 Å². The molecule has 3 nitrogen and oxygen atoms in total. The fraction of sp³-hybridized carbons (Fsp3) is 0.538. The maximum absolute atomic E-state index is 10.1. The van der Waals surface area contributed by atoms with Gasteiger partial charge in [0.25, 0.3) is 0 Å². The van der Waals surface area contributed by atoms with Crippen molar-refractivity contribution in [2.24, 2.45) is 5.92 Å². The first kappa shape index (κ1) is 12.7. The first-order valence-corrected chi connectivity index (χ1v) is 6.78. The number of rotatable bonds is 2. The molecule has 4 atom stereocenters. The molecule has 5 heteroatoms. The van der Waals surface area contributed by atoms with E-state index in [2.05, 4.69) is 0 Å². The van der Waals surface area contributed by atoms with Crippen LogP contribution >= 0.6 is 23.2 Å². The standard InChI is InChI=1S/C13H14Cl2O3/c14-9-2-1-7(11(15)5-9)3-8-4-10-6-17-13(18-10)12(8)16/h1-2,5,8,10,12-13,16H,3-4,6H2/t8?,10-,12?,13+/m0/s1. The average Bonchev–Trinajstić information content (AvgIpc) is 2.73. The Morgan fingerprint density at radius 3 is 2.94 bits per heavy atom. The molecular formula is C13H14Cl2O3. The highest BCUT2D eigenvalue weighted by Gasteiger charge is 2.43. The predicted molar refractivity (Wildman–Crippen MR) is 68.9 cm³/mol. The molecule has 0 amide bonds. The van der Waals surface area contributed by atoms with Crippen LogP contribution in [-0.2, 0) is 15.9 Å². The lowest BCUT2D eigenvalue weighted by molar-refractivity contribution is -0.174. The van der Waals surface area contributed by atoms with Crippen LogP contribution < -0.4 is 0 Å². The first-order valence-electron chi connectivity index (χ1n) is 6.02. The SMILES string of the molecule is OC1C(Cc2ccc(Cl)cc2Cl)C[C@H]2CO[C@@H]1O2. The largest absolute Gasteiger partial charge is 0.388 e. The molecule has 1 N–H and O–H groups in total. The Morgan fingerprint density at radius 1 is 1.33 bits per heavy atom. The predicted octanol–water partition coefficient (Wildman–Crippen LogP) is 2.66. The Morgan fingerprint density at radius 2 is 2.17 bits per heavy atom. The van der Waals surface area contributed by atoms with Gasteiger partial charge in [-0.15, -0.1) is 0 Å². The molecule has 18 heavy (non-hydrogen) atoms. The van der Waals surface area contributed by atoms with Crippen LogP contribution in [0.4, 0.5) is 0 Å². The van der Waals surface area contributed by atoms with E-state index >= 15 is 0 Å². The molecule has 2 bridgehead atoms. The van der Waals surface area contributed by atoms with E-state index in [1.807, 2.05) is 12.1 Å². The molecule has 0 aliphatic carbocycles. The molecule has 2 saturated heterocycles. The molecular weight excluding hydrogens is 275 g/mol. The van der Waals surface area contributed by atoms with Gasteiger partial charge in [0.15, 0.2) is 6.29 Å². The minimum absolute atomic E-state index is 0.106. The summed E-state index contributed by atoms with van der Waals surface area (Å²) in [5, 5.41) is 11.4. The van der Waals surface area contributed by atoms with Crippen molar-refractivity contribution in [2.75, 3.05) is 6.61 Å². The first-order chi connectivity index (χ1) is 8.63. The average molecular weight is 289 g/mol. The van der Waals surface area contributed by atoms with Crippen molar-refractivity contribution in [2.45, 2.75) is 31.3 Å². The summed E-state index contributed by atoms with van der Waals surface area (Å²) in [7, 11) is 0. The summed E-state index contributed by atoms with van der Waals surface area (Å²) in [6, 6.07) is 5.46. The second-order valence-electron chi connectivity index (χ2n) is 4.89. The molecule has 0 aromatic heterocycles. The van der Waals surface area contributed by atoms with Crippen molar-refractivity contribution in [3.05, 3.63) is 33.8 Å². The van der Waals surface area contributed by atoms with Crippen LogP contribution in [0.3, 0.4) is 0 Å². The van der Waals surface area contributed by atoms with Crippen molar-refractivity contribution < 1.29 is 14.6 Å². The molecule has 1 aromatic carbocycles. The molecule has 98 valence electrons. The van der Waals surface area contributed by atoms with Gasteiger partial charge >= 0.3 is 0 Å². The Labute approximate surface area is 116 Å². The van der Waals surface area contributed by atoms with Crippen LogP contribution in [-0.4, -0.2) is 30.2 Å². The number of hydrogen-bond acceptors (Lipinski definition) is 3. The Balaban J connectivity index is 1.76. The van der Waals surface area contributed by atoms with E-state index in [1.165, 1.54) is 0 Å². The number of halogens is 2. The number of hydrogen-bond donors (Lipinski definition) is 1. The van der Waals surface area contributed by atoms with E-state index < -0.39 is 12.4 Å². The summed E-state index contributed by atoms with van der Waals surface area (Å²) in [5.41, 5.74) is 1.01. The van der Waals surface area contributed by atoms with Crippen molar-refractivity contribution in [1.29, 1.82) is 0 Å². The van der Waals surface area contributed by atoms with Crippen LogP contribution in [0.2, 0.25) is 10.0 Å². The molecule has 2 heterocycles. The lowest BCUT2D eigenvalue weighted by Gasteiger charge is -2.31. The number of aliphatic hydroxyl groups is 1. The minimum atomic E-state index is -0.588. The van der Waals surface area contributed by atoms with E-state index in [1.54, 1.807) is 6.07 Å². The van der Waals surface area contributed by atoms with Gasteiger partial charge in [-0.25, -0.2) is 0 Å². The Hall–Kier alpha value is -0.320. The molecule has 2 aliphatic rings. The minimum Gasteiger partial charge on any atom is -0.388 e. The van der Waals surface area contributed by atoms with Gasteiger partial charge in [-0.05, 0) is 36.5 Å². The van der Waals surface area contributed by atoms with E-state index in [0.29, 0.717) is 16.7 Å². The molecule has 2 unspecified atom stereocenters. The highest BCUT2D eigenvalue weighted by atomic mass is 35.5. The lowest BCUT2D eigenvalue weighted by Crippen LogP contribution is -2.41. The van der Waals surface area contributed by atoms with Gasteiger partial charge in [-0.3, -0.25) is 0 Å². The van der Waals surface area contributed by atoms with Crippen LogP contribution in [0.25, 0.3) is 0 Å². The zero-order valence-corrected chi connectivity index (χ0v) is 11.2. The zero-order valence-electron chi connectivity index (χ0n) is 9.68. The van der Waals surface area contributed by atoms with E-state index in [9.17, 15) is 5.11 Å². The van der Waals surface area contributed by atoms with Crippen LogP contribution in [0.1, 0.15) is 12.0 Å². The lowest BCUT2D eigenvalue weighted by atomic mass is 9.87. The maximum Gasteiger partial charge on any atom is 0.184 e. The van der Waals surface area contributed by atoms with Crippen molar-refractivity contribution in [3.63, 3.8) is 0 Å². The third kappa shape index (κ3) is 2.38. The zero-order chi connectivity index (χ0) is 12.7. The smallest absolute Gasteiger partial charge is 0.184 e. The molecule has 0 spiro atoms. The summed E-state index contributed by atoms with van der Waals surface area (Å²) in [6.45, 7) is 0.576. The van der Waals surface area contributed by atoms with Crippen LogP contribution in [0.15, 0.2) is 18.2 Å². The van der Waals surface area contributed by atoms with Crippen LogP contribution in [0, 0.1) is 5.92 Å². The van der Waals surface area contributed by atoms with E-state index in [-0.39, 0.29) is 12.0 Å². The Kier molecular flexibility index (Phi) is 3.52. The van der Waals surface area contributed by atoms with Gasteiger partial charge < -0.3 is 14.6 Å². The molecule has 0 saturated carbocycles. The molecule has 2 aliphatic heterocycles. The highest BCUT2D eigenvalue weighted by molar-refractivity contribution is 6.35. The van der Waals surface area contributed by atoms with Gasteiger partial charge in [0, 0.05) is 10.0 Å². The monoisotopic (exact) mass is 288 g/mol. The van der Waals surface area contributed by atoms with Crippen molar-refractivity contribution >= 4 is 23.2 Å². The third-order valence-corrected chi connectivity index (χ3v) is 4.18. The van der Waals surface area contributed by atoms with Crippen LogP contribution in [0.5, 0.6) is 0 Å². The molecule has 2 fully saturated rings. The number of aliphatic hydroxyl groups excluding tert-OH is 1. The summed E-state index contributed by atoms with van der Waals surface area (Å²) in [5.74, 6) is 0.120. The third-order valence-electron chi connectivity index (χ3n) is 3.60. The summed E-state index contributed by atoms with van der Waals surface area (Å²) in [6.07, 6.45) is 0.567. The van der Waals surface area contributed by atoms with Gasteiger partial charge in [-0.2, -0.15) is 0 Å². The fourth-order valence-corrected chi connectivity index (χ4v) is 3.13. The highest BCUT2D eigenvalue weighted by Crippen LogP contribution is 2.35. The number of ether oxygens (including phenoxy) is 2. The van der Waals surface area contributed by atoms with Crippen molar-refractivity contribution in [3.8, 4) is 0 Å². The topological polar surface area (TPSA) is 38.7 Å². The summed E-state index contributed by atoms with van der Waals surface area (Å²) in [4.78, 5) is 0. The molecule has 0 radical (unpaired) electrons. The second kappa shape index (κ2) is 4.99. The van der Waals surface area contributed by atoms with E-state index in [4.69, 9.17) is 32.7 Å². The maximum atomic E-state index is 10.1. The van der Waals surface area contributed by atoms with E-state index in [0.717, 1.165) is 18.4 Å². The normalized spacial score (nSPS) is 34.8. The quantitative estimate of drug-likeness (QED) is 0.909. The Bertz CT molecular complexity index is 452. The summed E-state index contributed by atoms with van der Waals surface area (Å²) >= 11 is 12.0. The fourth-order valence-electron chi connectivity index (χ4n) is 2.65. The van der Waals surface area contributed by atoms with Gasteiger partial charge in [0.05, 0.1) is 12.7 Å². The number of benzene rings is 1.